The van der Waals surface area contributed by atoms with Crippen LogP contribution in [0.2, 0.25) is 0 Å². The summed E-state index contributed by atoms with van der Waals surface area (Å²) in [5.41, 5.74) is 19.6. The van der Waals surface area contributed by atoms with Crippen molar-refractivity contribution in [3.05, 3.63) is 191 Å². The van der Waals surface area contributed by atoms with Crippen LogP contribution in [0, 0.1) is 0 Å². The van der Waals surface area contributed by atoms with Crippen LogP contribution in [0.15, 0.2) is 158 Å². The predicted octanol–water partition coefficient (Wildman–Crippen LogP) is 19.6. The SMILES string of the molecule is CCCc1ccc2c(c1)c1c(CCC)cc(Oc3cccc(N4CN(c5c(-c6cccc(C(C)(C)C)c6)cccc5-c5cc(C(C)(C)C)cc(C(C)(C)C)c5)c5ccccc54)c3)cc1n2-c1cc(C(C)(C)C)ccn1. The third kappa shape index (κ3) is 10.1. The van der Waals surface area contributed by atoms with Crippen molar-refractivity contribution in [2.75, 3.05) is 16.5 Å². The van der Waals surface area contributed by atoms with Gasteiger partial charge in [-0.1, -0.05) is 195 Å². The van der Waals surface area contributed by atoms with Crippen molar-refractivity contribution in [1.82, 2.24) is 9.55 Å². The first kappa shape index (κ1) is 51.4. The smallest absolute Gasteiger partial charge is 0.137 e. The molecule has 384 valence electrons. The fourth-order valence-electron chi connectivity index (χ4n) is 11.1. The monoisotopic (exact) mass is 991 g/mol. The second kappa shape index (κ2) is 19.5. The summed E-state index contributed by atoms with van der Waals surface area (Å²) in [6, 6.07) is 56.9. The lowest BCUT2D eigenvalue weighted by atomic mass is 9.78. The molecule has 2 aromatic heterocycles. The standard InChI is InChI=1S/C70H78N4O/c1-15-22-46-32-33-60-59(36-46)65-48(23-16-2)40-56(44-63(65)74(60)64-42-51(34-35-71-64)68(6,7)8)75-55-27-20-26-54(43-55)72-45-73(62-31-18-17-30-61(62)72)66-57(47-24-19-25-50(37-47)67(3,4)5)28-21-29-58(66)49-38-52(69(9,10)11)41-53(39-49)70(12,13)14/h17-21,24-44H,15-16,22-23,45H2,1-14H3. The van der Waals surface area contributed by atoms with Gasteiger partial charge in [0.2, 0.25) is 0 Å². The van der Waals surface area contributed by atoms with Gasteiger partial charge in [0.15, 0.2) is 0 Å². The van der Waals surface area contributed by atoms with Gasteiger partial charge in [0, 0.05) is 45.9 Å². The minimum atomic E-state index is -0.0335. The Morgan fingerprint density at radius 2 is 1.09 bits per heavy atom. The third-order valence-corrected chi connectivity index (χ3v) is 15.3. The fourth-order valence-corrected chi connectivity index (χ4v) is 11.1. The van der Waals surface area contributed by atoms with Crippen molar-refractivity contribution >= 4 is 44.6 Å². The first-order valence-corrected chi connectivity index (χ1v) is 27.5. The van der Waals surface area contributed by atoms with Crippen LogP contribution >= 0.6 is 0 Å². The van der Waals surface area contributed by atoms with Gasteiger partial charge in [-0.25, -0.2) is 4.98 Å². The molecule has 0 bridgehead atoms. The molecule has 0 fully saturated rings. The molecule has 0 spiro atoms. The molecule has 5 nitrogen and oxygen atoms in total. The first-order valence-electron chi connectivity index (χ1n) is 27.5. The summed E-state index contributed by atoms with van der Waals surface area (Å²) in [6.07, 6.45) is 6.06. The van der Waals surface area contributed by atoms with Gasteiger partial charge in [0.05, 0.1) is 28.1 Å². The molecule has 1 aliphatic heterocycles. The van der Waals surface area contributed by atoms with E-state index >= 15 is 0 Å². The van der Waals surface area contributed by atoms with E-state index in [1.807, 2.05) is 6.20 Å². The van der Waals surface area contributed by atoms with Gasteiger partial charge in [-0.05, 0) is 134 Å². The van der Waals surface area contributed by atoms with Crippen molar-refractivity contribution in [2.45, 2.75) is 144 Å². The number of hydrogen-bond acceptors (Lipinski definition) is 4. The average molecular weight is 991 g/mol. The zero-order chi connectivity index (χ0) is 53.2. The predicted molar refractivity (Wildman–Crippen MR) is 321 cm³/mol. The molecule has 0 saturated carbocycles. The molecule has 0 saturated heterocycles. The van der Waals surface area contributed by atoms with Gasteiger partial charge < -0.3 is 14.5 Å². The maximum atomic E-state index is 7.10. The van der Waals surface area contributed by atoms with Crippen molar-refractivity contribution < 1.29 is 4.74 Å². The molecule has 0 N–H and O–H groups in total. The summed E-state index contributed by atoms with van der Waals surface area (Å²) in [5.74, 6) is 2.53. The summed E-state index contributed by atoms with van der Waals surface area (Å²) in [7, 11) is 0. The quantitative estimate of drug-likeness (QED) is 0.129. The maximum Gasteiger partial charge on any atom is 0.137 e. The van der Waals surface area contributed by atoms with Crippen LogP contribution in [-0.4, -0.2) is 16.2 Å². The molecule has 0 aliphatic carbocycles. The number of nitrogens with zero attached hydrogens (tertiary/aromatic N) is 4. The van der Waals surface area contributed by atoms with E-state index in [2.05, 4.69) is 263 Å². The Labute approximate surface area is 448 Å². The van der Waals surface area contributed by atoms with E-state index in [-0.39, 0.29) is 21.7 Å². The average Bonchev–Trinajstić information content (AvgIpc) is 3.94. The highest BCUT2D eigenvalue weighted by molar-refractivity contribution is 6.11. The number of hydrogen-bond donors (Lipinski definition) is 0. The molecule has 7 aromatic carbocycles. The molecule has 1 aliphatic rings. The van der Waals surface area contributed by atoms with Crippen molar-refractivity contribution in [1.29, 1.82) is 0 Å². The number of pyridine rings is 1. The van der Waals surface area contributed by atoms with E-state index in [0.29, 0.717) is 6.67 Å². The second-order valence-corrected chi connectivity index (χ2v) is 25.2. The molecular weight excluding hydrogens is 913 g/mol. The maximum absolute atomic E-state index is 7.10. The number of benzene rings is 7. The Bertz CT molecular complexity index is 3550. The van der Waals surface area contributed by atoms with E-state index in [9.17, 15) is 0 Å². The fraction of sp³-hybridized carbons (Fsp3) is 0.329. The van der Waals surface area contributed by atoms with Gasteiger partial charge in [0.1, 0.15) is 24.0 Å². The van der Waals surface area contributed by atoms with Crippen LogP contribution in [-0.2, 0) is 34.5 Å². The number of aryl methyl sites for hydroxylation is 2. The van der Waals surface area contributed by atoms with Crippen LogP contribution in [0.3, 0.4) is 0 Å². The highest BCUT2D eigenvalue weighted by Crippen LogP contribution is 2.51. The minimum Gasteiger partial charge on any atom is -0.457 e. The Morgan fingerprint density at radius 1 is 0.480 bits per heavy atom. The molecule has 10 rings (SSSR count). The van der Waals surface area contributed by atoms with Crippen LogP contribution in [0.5, 0.6) is 11.5 Å². The minimum absolute atomic E-state index is 0.00408. The zero-order valence-electron chi connectivity index (χ0n) is 47.2. The Balaban J connectivity index is 1.10. The van der Waals surface area contributed by atoms with Crippen molar-refractivity contribution in [3.63, 3.8) is 0 Å². The molecule has 0 unspecified atom stereocenters. The Kier molecular flexibility index (Phi) is 13.4. The van der Waals surface area contributed by atoms with Crippen LogP contribution in [0.25, 0.3) is 49.9 Å². The van der Waals surface area contributed by atoms with Crippen LogP contribution < -0.4 is 14.5 Å². The van der Waals surface area contributed by atoms with Crippen LogP contribution in [0.4, 0.5) is 22.7 Å². The molecule has 9 aromatic rings. The molecular formula is C70H78N4O. The molecule has 75 heavy (non-hydrogen) atoms. The van der Waals surface area contributed by atoms with Crippen LogP contribution in [0.1, 0.15) is 143 Å². The second-order valence-electron chi connectivity index (χ2n) is 25.2. The van der Waals surface area contributed by atoms with E-state index in [1.165, 1.54) is 83.3 Å². The summed E-state index contributed by atoms with van der Waals surface area (Å²) < 4.78 is 9.46. The molecule has 3 heterocycles. The summed E-state index contributed by atoms with van der Waals surface area (Å²) in [5, 5.41) is 2.56. The van der Waals surface area contributed by atoms with E-state index in [1.54, 1.807) is 0 Å². The van der Waals surface area contributed by atoms with Gasteiger partial charge in [-0.2, -0.15) is 0 Å². The summed E-state index contributed by atoms with van der Waals surface area (Å²) in [4.78, 5) is 10.0. The van der Waals surface area contributed by atoms with Gasteiger partial charge in [-0.3, -0.25) is 4.57 Å². The van der Waals surface area contributed by atoms with E-state index in [0.717, 1.165) is 59.9 Å². The normalized spacial score (nSPS) is 13.3. The van der Waals surface area contributed by atoms with Crippen molar-refractivity contribution in [3.8, 4) is 39.6 Å². The molecule has 5 heteroatoms. The highest BCUT2D eigenvalue weighted by Gasteiger charge is 2.33. The van der Waals surface area contributed by atoms with Gasteiger partial charge >= 0.3 is 0 Å². The Hall–Kier alpha value is -7.11. The summed E-state index contributed by atoms with van der Waals surface area (Å²) in [6.45, 7) is 32.8. The number of para-hydroxylation sites is 3. The largest absolute Gasteiger partial charge is 0.457 e. The van der Waals surface area contributed by atoms with E-state index < -0.39 is 0 Å². The topological polar surface area (TPSA) is 33.5 Å². The molecule has 0 amide bonds. The van der Waals surface area contributed by atoms with E-state index in [4.69, 9.17) is 9.72 Å². The lowest BCUT2D eigenvalue weighted by molar-refractivity contribution is 0.482. The van der Waals surface area contributed by atoms with Gasteiger partial charge in [-0.15, -0.1) is 0 Å². The number of fused-ring (bicyclic) bond motifs is 4. The van der Waals surface area contributed by atoms with Crippen molar-refractivity contribution in [2.24, 2.45) is 0 Å². The number of rotatable bonds is 11. The number of aromatic nitrogens is 2. The Morgan fingerprint density at radius 3 is 1.76 bits per heavy atom. The van der Waals surface area contributed by atoms with Gasteiger partial charge in [0.25, 0.3) is 0 Å². The number of ether oxygens (including phenoxy) is 1. The molecule has 0 atom stereocenters. The molecule has 0 radical (unpaired) electrons. The number of anilines is 4. The summed E-state index contributed by atoms with van der Waals surface area (Å²) >= 11 is 0. The third-order valence-electron chi connectivity index (χ3n) is 15.3. The highest BCUT2D eigenvalue weighted by atomic mass is 16.5. The zero-order valence-corrected chi connectivity index (χ0v) is 47.2. The lowest BCUT2D eigenvalue weighted by Gasteiger charge is -2.30. The lowest BCUT2D eigenvalue weighted by Crippen LogP contribution is -2.25. The first-order chi connectivity index (χ1) is 35.6.